The molecule has 3 rings (SSSR count). The molecule has 6 nitrogen and oxygen atoms in total. The molecule has 2 heterocycles. The van der Waals surface area contributed by atoms with Gasteiger partial charge in [0.05, 0.1) is 11.3 Å². The number of pyridine rings is 1. The van der Waals surface area contributed by atoms with Crippen LogP contribution < -0.4 is 15.8 Å². The summed E-state index contributed by atoms with van der Waals surface area (Å²) in [6, 6.07) is 3.58. The van der Waals surface area contributed by atoms with Gasteiger partial charge in [-0.1, -0.05) is 0 Å². The van der Waals surface area contributed by atoms with Crippen molar-refractivity contribution < 1.29 is 13.2 Å². The molecule has 1 aliphatic carbocycles. The molecule has 0 radical (unpaired) electrons. The number of nitrogens with one attached hydrogen (secondary N) is 2. The summed E-state index contributed by atoms with van der Waals surface area (Å²) in [5.41, 5.74) is -0.362. The Morgan fingerprint density at radius 1 is 1.32 bits per heavy atom. The van der Waals surface area contributed by atoms with Crippen LogP contribution in [0, 0.1) is 0 Å². The molecule has 0 unspecified atom stereocenters. The predicted octanol–water partition coefficient (Wildman–Crippen LogP) is 2.61. The van der Waals surface area contributed by atoms with Crippen molar-refractivity contribution in [2.24, 2.45) is 0 Å². The van der Waals surface area contributed by atoms with E-state index >= 15 is 0 Å². The maximum Gasteiger partial charge on any atom is 0.419 e. The fourth-order valence-corrected chi connectivity index (χ4v) is 2.80. The standard InChI is InChI=1S/C16H18F3N5O/c1-24(2)15-22-12(8-13(25)23-15)9-6-10(7-9)21-14-11(16(17,18)19)4-3-5-20-14/h3-5,8-10H,6-7H2,1-2H3,(H,20,21)(H,22,23,25). The maximum absolute atomic E-state index is 13.0. The molecule has 0 aliphatic heterocycles. The van der Waals surface area contributed by atoms with Crippen molar-refractivity contribution in [1.82, 2.24) is 15.0 Å². The fraction of sp³-hybridized carbons (Fsp3) is 0.438. The Hall–Kier alpha value is -2.58. The number of aromatic nitrogens is 3. The quantitative estimate of drug-likeness (QED) is 0.884. The lowest BCUT2D eigenvalue weighted by molar-refractivity contribution is -0.137. The first-order chi connectivity index (χ1) is 11.7. The molecule has 0 bridgehead atoms. The molecule has 1 saturated carbocycles. The Balaban J connectivity index is 1.69. The van der Waals surface area contributed by atoms with Gasteiger partial charge in [-0.05, 0) is 25.0 Å². The molecule has 0 spiro atoms. The number of nitrogens with zero attached hydrogens (tertiary/aromatic N) is 3. The van der Waals surface area contributed by atoms with Gasteiger partial charge >= 0.3 is 6.18 Å². The van der Waals surface area contributed by atoms with Crippen LogP contribution in [0.3, 0.4) is 0 Å². The Morgan fingerprint density at radius 2 is 2.04 bits per heavy atom. The second kappa shape index (κ2) is 6.38. The number of rotatable bonds is 4. The molecular formula is C16H18F3N5O. The monoisotopic (exact) mass is 353 g/mol. The van der Waals surface area contributed by atoms with Crippen LogP contribution in [-0.2, 0) is 6.18 Å². The second-order valence-electron chi connectivity index (χ2n) is 6.30. The average molecular weight is 353 g/mol. The molecular weight excluding hydrogens is 335 g/mol. The number of hydrogen-bond donors (Lipinski definition) is 2. The highest BCUT2D eigenvalue weighted by Gasteiger charge is 2.37. The molecule has 25 heavy (non-hydrogen) atoms. The zero-order chi connectivity index (χ0) is 18.2. The summed E-state index contributed by atoms with van der Waals surface area (Å²) < 4.78 is 39.0. The number of alkyl halides is 3. The van der Waals surface area contributed by atoms with Crippen molar-refractivity contribution in [3.8, 4) is 0 Å². The Bertz CT molecular complexity index is 812. The third kappa shape index (κ3) is 3.75. The van der Waals surface area contributed by atoms with Crippen LogP contribution in [0.4, 0.5) is 24.9 Å². The van der Waals surface area contributed by atoms with Crippen molar-refractivity contribution in [1.29, 1.82) is 0 Å². The minimum atomic E-state index is -4.45. The van der Waals surface area contributed by atoms with Gasteiger partial charge in [-0.15, -0.1) is 0 Å². The minimum Gasteiger partial charge on any atom is -0.367 e. The summed E-state index contributed by atoms with van der Waals surface area (Å²) in [4.78, 5) is 24.3. The van der Waals surface area contributed by atoms with Crippen molar-refractivity contribution in [3.05, 3.63) is 46.0 Å². The zero-order valence-electron chi connectivity index (χ0n) is 13.8. The summed E-state index contributed by atoms with van der Waals surface area (Å²) >= 11 is 0. The van der Waals surface area contributed by atoms with E-state index in [1.807, 2.05) is 0 Å². The third-order valence-electron chi connectivity index (χ3n) is 4.18. The SMILES string of the molecule is CN(C)c1nc(C2CC(Nc3ncccc3C(F)(F)F)C2)cc(=O)[nH]1. The molecule has 1 fully saturated rings. The summed E-state index contributed by atoms with van der Waals surface area (Å²) in [7, 11) is 3.54. The maximum atomic E-state index is 13.0. The van der Waals surface area contributed by atoms with Crippen LogP contribution in [0.2, 0.25) is 0 Å². The molecule has 2 aromatic heterocycles. The van der Waals surface area contributed by atoms with Gasteiger partial charge in [0, 0.05) is 38.3 Å². The first-order valence-electron chi connectivity index (χ1n) is 7.81. The summed E-state index contributed by atoms with van der Waals surface area (Å²) in [5, 5.41) is 2.85. The number of aromatic amines is 1. The van der Waals surface area contributed by atoms with E-state index in [2.05, 4.69) is 20.3 Å². The van der Waals surface area contributed by atoms with Gasteiger partial charge in [-0.2, -0.15) is 13.2 Å². The molecule has 0 atom stereocenters. The Morgan fingerprint density at radius 3 is 2.68 bits per heavy atom. The van der Waals surface area contributed by atoms with Gasteiger partial charge < -0.3 is 10.2 Å². The number of H-pyrrole nitrogens is 1. The summed E-state index contributed by atoms with van der Waals surface area (Å²) in [5.74, 6) is 0.339. The van der Waals surface area contributed by atoms with E-state index in [0.29, 0.717) is 24.5 Å². The van der Waals surface area contributed by atoms with Crippen LogP contribution in [-0.4, -0.2) is 35.1 Å². The lowest BCUT2D eigenvalue weighted by Gasteiger charge is -2.36. The van der Waals surface area contributed by atoms with Gasteiger partial charge in [-0.25, -0.2) is 9.97 Å². The second-order valence-corrected chi connectivity index (χ2v) is 6.30. The smallest absolute Gasteiger partial charge is 0.367 e. The van der Waals surface area contributed by atoms with Gasteiger partial charge in [-0.3, -0.25) is 9.78 Å². The third-order valence-corrected chi connectivity index (χ3v) is 4.18. The Labute approximate surface area is 142 Å². The number of anilines is 2. The van der Waals surface area contributed by atoms with Gasteiger partial charge in [0.15, 0.2) is 0 Å². The van der Waals surface area contributed by atoms with E-state index in [1.165, 1.54) is 18.3 Å². The molecule has 9 heteroatoms. The van der Waals surface area contributed by atoms with Crippen molar-refractivity contribution >= 4 is 11.8 Å². The van der Waals surface area contributed by atoms with Gasteiger partial charge in [0.1, 0.15) is 5.82 Å². The molecule has 1 aliphatic rings. The topological polar surface area (TPSA) is 73.9 Å². The van der Waals surface area contributed by atoms with Gasteiger partial charge in [0.25, 0.3) is 5.56 Å². The fourth-order valence-electron chi connectivity index (χ4n) is 2.80. The normalized spacial score (nSPS) is 20.0. The van der Waals surface area contributed by atoms with Crippen LogP contribution in [0.1, 0.15) is 30.0 Å². The molecule has 0 aromatic carbocycles. The molecule has 0 amide bonds. The van der Waals surface area contributed by atoms with E-state index in [-0.39, 0.29) is 23.3 Å². The molecule has 0 saturated heterocycles. The lowest BCUT2D eigenvalue weighted by Crippen LogP contribution is -2.36. The molecule has 2 aromatic rings. The van der Waals surface area contributed by atoms with Crippen molar-refractivity contribution in [2.75, 3.05) is 24.3 Å². The summed E-state index contributed by atoms with van der Waals surface area (Å²) in [6.07, 6.45) is -1.93. The predicted molar refractivity (Wildman–Crippen MR) is 87.8 cm³/mol. The van der Waals surface area contributed by atoms with Crippen LogP contribution in [0.5, 0.6) is 0 Å². The first-order valence-corrected chi connectivity index (χ1v) is 7.81. The van der Waals surface area contributed by atoms with Crippen molar-refractivity contribution in [2.45, 2.75) is 31.0 Å². The molecule has 2 N–H and O–H groups in total. The lowest BCUT2D eigenvalue weighted by atomic mass is 9.78. The van der Waals surface area contributed by atoms with E-state index in [1.54, 1.807) is 19.0 Å². The summed E-state index contributed by atoms with van der Waals surface area (Å²) in [6.45, 7) is 0. The highest BCUT2D eigenvalue weighted by Crippen LogP contribution is 2.39. The van der Waals surface area contributed by atoms with Crippen molar-refractivity contribution in [3.63, 3.8) is 0 Å². The Kier molecular flexibility index (Phi) is 4.40. The number of halogens is 3. The minimum absolute atomic E-state index is 0.0385. The van der Waals surface area contributed by atoms with E-state index in [9.17, 15) is 18.0 Å². The largest absolute Gasteiger partial charge is 0.419 e. The van der Waals surface area contributed by atoms with Crippen LogP contribution >= 0.6 is 0 Å². The zero-order valence-corrected chi connectivity index (χ0v) is 13.8. The van der Waals surface area contributed by atoms with Crippen LogP contribution in [0.25, 0.3) is 0 Å². The van der Waals surface area contributed by atoms with E-state index < -0.39 is 11.7 Å². The van der Waals surface area contributed by atoms with E-state index in [4.69, 9.17) is 0 Å². The molecule has 134 valence electrons. The van der Waals surface area contributed by atoms with E-state index in [0.717, 1.165) is 6.07 Å². The average Bonchev–Trinajstić information content (AvgIpc) is 2.49. The highest BCUT2D eigenvalue weighted by molar-refractivity contribution is 5.47. The highest BCUT2D eigenvalue weighted by atomic mass is 19.4. The van der Waals surface area contributed by atoms with Gasteiger partial charge in [0.2, 0.25) is 5.95 Å². The first kappa shape index (κ1) is 17.2. The number of hydrogen-bond acceptors (Lipinski definition) is 5. The van der Waals surface area contributed by atoms with Crippen LogP contribution in [0.15, 0.2) is 29.2 Å².